The molecule has 0 bridgehead atoms. The van der Waals surface area contributed by atoms with Crippen molar-refractivity contribution < 1.29 is 17.9 Å². The number of hydrogen-bond acceptors (Lipinski definition) is 4. The van der Waals surface area contributed by atoms with Crippen LogP contribution in [0.25, 0.3) is 0 Å². The Morgan fingerprint density at radius 3 is 2.33 bits per heavy atom. The molecule has 3 rings (SSSR count). The van der Waals surface area contributed by atoms with Gasteiger partial charge in [0.05, 0.1) is 11.5 Å². The number of nitrogens with zero attached hydrogens (tertiary/aromatic N) is 1. The zero-order valence-electron chi connectivity index (χ0n) is 17.0. The van der Waals surface area contributed by atoms with Gasteiger partial charge in [0.15, 0.2) is 0 Å². The van der Waals surface area contributed by atoms with Crippen molar-refractivity contribution in [2.45, 2.75) is 43.5 Å². The first-order valence-electron chi connectivity index (χ1n) is 10.2. The lowest BCUT2D eigenvalue weighted by atomic mass is 10.1. The van der Waals surface area contributed by atoms with Crippen LogP contribution in [0.1, 0.15) is 31.7 Å². The average Bonchev–Trinajstić information content (AvgIpc) is 2.74. The molecule has 0 radical (unpaired) electrons. The largest absolute Gasteiger partial charge is 0.494 e. The number of halogens is 1. The minimum absolute atomic E-state index is 0.00509. The Morgan fingerprint density at radius 2 is 1.73 bits per heavy atom. The van der Waals surface area contributed by atoms with Crippen LogP contribution in [0, 0.1) is 0 Å². The number of aryl methyl sites for hydroxylation is 1. The van der Waals surface area contributed by atoms with E-state index in [-0.39, 0.29) is 16.8 Å². The fourth-order valence-corrected chi connectivity index (χ4v) is 5.07. The second-order valence-electron chi connectivity index (χ2n) is 7.28. The van der Waals surface area contributed by atoms with Crippen molar-refractivity contribution in [3.63, 3.8) is 0 Å². The molecule has 1 fully saturated rings. The molecule has 1 heterocycles. The maximum atomic E-state index is 12.9. The van der Waals surface area contributed by atoms with Gasteiger partial charge in [-0.15, -0.1) is 0 Å². The molecule has 0 aromatic heterocycles. The number of carbonyl (C=O) groups excluding carboxylic acids is 1. The van der Waals surface area contributed by atoms with E-state index in [1.165, 1.54) is 4.31 Å². The highest BCUT2D eigenvalue weighted by Gasteiger charge is 2.29. The van der Waals surface area contributed by atoms with Crippen molar-refractivity contribution in [3.8, 4) is 5.75 Å². The van der Waals surface area contributed by atoms with E-state index in [9.17, 15) is 13.2 Å². The first-order valence-corrected chi connectivity index (χ1v) is 12.0. The zero-order valence-corrected chi connectivity index (χ0v) is 18.6. The van der Waals surface area contributed by atoms with Crippen molar-refractivity contribution in [2.24, 2.45) is 0 Å². The highest BCUT2D eigenvalue weighted by Crippen LogP contribution is 2.23. The Hall–Kier alpha value is -2.09. The van der Waals surface area contributed by atoms with E-state index in [2.05, 4.69) is 5.32 Å². The second kappa shape index (κ2) is 10.3. The molecule has 0 saturated carbocycles. The Bertz CT molecular complexity index is 938. The number of benzene rings is 2. The molecule has 8 heteroatoms. The van der Waals surface area contributed by atoms with Gasteiger partial charge >= 0.3 is 0 Å². The Morgan fingerprint density at radius 1 is 1.10 bits per heavy atom. The van der Waals surface area contributed by atoms with Crippen LogP contribution in [0.3, 0.4) is 0 Å². The number of piperidine rings is 1. The van der Waals surface area contributed by atoms with Crippen LogP contribution in [0.2, 0.25) is 5.02 Å². The summed E-state index contributed by atoms with van der Waals surface area (Å²) in [6.07, 6.45) is 2.24. The summed E-state index contributed by atoms with van der Waals surface area (Å²) in [7, 11) is -3.54. The van der Waals surface area contributed by atoms with E-state index in [1.807, 2.05) is 31.2 Å². The SMILES string of the molecule is CCOc1ccc(S(=O)(=O)N2CCC(NC(=O)CCc3ccc(Cl)cc3)CC2)cc1. The summed E-state index contributed by atoms with van der Waals surface area (Å²) >= 11 is 5.87. The number of sulfonamides is 1. The third-order valence-electron chi connectivity index (χ3n) is 5.15. The normalized spacial score (nSPS) is 15.7. The van der Waals surface area contributed by atoms with Gasteiger partial charge in [-0.3, -0.25) is 4.79 Å². The van der Waals surface area contributed by atoms with Crippen LogP contribution in [0.4, 0.5) is 0 Å². The lowest BCUT2D eigenvalue weighted by molar-refractivity contribution is -0.122. The Labute approximate surface area is 183 Å². The molecular weight excluding hydrogens is 424 g/mol. The predicted molar refractivity (Wildman–Crippen MR) is 117 cm³/mol. The number of carbonyl (C=O) groups is 1. The average molecular weight is 451 g/mol. The van der Waals surface area contributed by atoms with Crippen molar-refractivity contribution in [1.82, 2.24) is 9.62 Å². The van der Waals surface area contributed by atoms with Gasteiger partial charge < -0.3 is 10.1 Å². The molecule has 1 amide bonds. The maximum absolute atomic E-state index is 12.9. The topological polar surface area (TPSA) is 75.7 Å². The number of ether oxygens (including phenoxy) is 1. The molecule has 0 atom stereocenters. The van der Waals surface area contributed by atoms with Gasteiger partial charge in [-0.1, -0.05) is 23.7 Å². The van der Waals surface area contributed by atoms with Gasteiger partial charge in [-0.2, -0.15) is 4.31 Å². The van der Waals surface area contributed by atoms with E-state index in [1.54, 1.807) is 24.3 Å². The summed E-state index contributed by atoms with van der Waals surface area (Å²) in [5.74, 6) is 0.634. The van der Waals surface area contributed by atoms with E-state index in [0.29, 0.717) is 56.2 Å². The summed E-state index contributed by atoms with van der Waals surface area (Å²) in [5.41, 5.74) is 1.06. The summed E-state index contributed by atoms with van der Waals surface area (Å²) in [6.45, 7) is 3.19. The molecule has 2 aromatic rings. The highest BCUT2D eigenvalue weighted by atomic mass is 35.5. The lowest BCUT2D eigenvalue weighted by Crippen LogP contribution is -2.46. The fourth-order valence-electron chi connectivity index (χ4n) is 3.47. The van der Waals surface area contributed by atoms with Crippen LogP contribution in [-0.4, -0.2) is 44.4 Å². The maximum Gasteiger partial charge on any atom is 0.243 e. The third-order valence-corrected chi connectivity index (χ3v) is 7.31. The van der Waals surface area contributed by atoms with E-state index < -0.39 is 10.0 Å². The van der Waals surface area contributed by atoms with E-state index >= 15 is 0 Å². The fraction of sp³-hybridized carbons (Fsp3) is 0.409. The Kier molecular flexibility index (Phi) is 7.75. The molecule has 162 valence electrons. The predicted octanol–water partition coefficient (Wildman–Crippen LogP) is 3.64. The molecule has 1 N–H and O–H groups in total. The molecule has 0 spiro atoms. The van der Waals surface area contributed by atoms with Crippen molar-refractivity contribution in [3.05, 3.63) is 59.1 Å². The summed E-state index contributed by atoms with van der Waals surface area (Å²) < 4.78 is 32.6. The van der Waals surface area contributed by atoms with Crippen LogP contribution in [0.5, 0.6) is 5.75 Å². The molecule has 1 saturated heterocycles. The van der Waals surface area contributed by atoms with E-state index in [0.717, 1.165) is 5.56 Å². The minimum atomic E-state index is -3.54. The zero-order chi connectivity index (χ0) is 21.6. The molecule has 1 aliphatic heterocycles. The molecule has 30 heavy (non-hydrogen) atoms. The second-order valence-corrected chi connectivity index (χ2v) is 9.65. The first kappa shape index (κ1) is 22.6. The standard InChI is InChI=1S/C22H27ClN2O4S/c1-2-29-20-8-10-21(11-9-20)30(27,28)25-15-13-19(14-16-25)24-22(26)12-5-17-3-6-18(23)7-4-17/h3-4,6-11,19H,2,5,12-16H2,1H3,(H,24,26). The molecule has 1 aliphatic rings. The minimum Gasteiger partial charge on any atom is -0.494 e. The van der Waals surface area contributed by atoms with Gasteiger partial charge in [-0.05, 0) is 68.1 Å². The van der Waals surface area contributed by atoms with Crippen LogP contribution in [-0.2, 0) is 21.2 Å². The quantitative estimate of drug-likeness (QED) is 0.666. The number of amides is 1. The van der Waals surface area contributed by atoms with Gasteiger partial charge in [0, 0.05) is 30.6 Å². The molecule has 2 aromatic carbocycles. The smallest absolute Gasteiger partial charge is 0.243 e. The van der Waals surface area contributed by atoms with Gasteiger partial charge in [0.2, 0.25) is 15.9 Å². The van der Waals surface area contributed by atoms with Crippen molar-refractivity contribution in [2.75, 3.05) is 19.7 Å². The molecule has 0 aliphatic carbocycles. The monoisotopic (exact) mass is 450 g/mol. The first-order chi connectivity index (χ1) is 14.4. The van der Waals surface area contributed by atoms with E-state index in [4.69, 9.17) is 16.3 Å². The van der Waals surface area contributed by atoms with Crippen LogP contribution < -0.4 is 10.1 Å². The van der Waals surface area contributed by atoms with Crippen LogP contribution in [0.15, 0.2) is 53.4 Å². The van der Waals surface area contributed by atoms with Gasteiger partial charge in [0.1, 0.15) is 5.75 Å². The van der Waals surface area contributed by atoms with Crippen LogP contribution >= 0.6 is 11.6 Å². The third kappa shape index (κ3) is 5.97. The van der Waals surface area contributed by atoms with Gasteiger partial charge in [-0.25, -0.2) is 8.42 Å². The number of hydrogen-bond donors (Lipinski definition) is 1. The summed E-state index contributed by atoms with van der Waals surface area (Å²) in [5, 5.41) is 3.71. The number of nitrogens with one attached hydrogen (secondary N) is 1. The highest BCUT2D eigenvalue weighted by molar-refractivity contribution is 7.89. The lowest BCUT2D eigenvalue weighted by Gasteiger charge is -2.31. The summed E-state index contributed by atoms with van der Waals surface area (Å²) in [4.78, 5) is 12.5. The Balaban J connectivity index is 1.47. The molecule has 0 unspecified atom stereocenters. The molecular formula is C22H27ClN2O4S. The summed E-state index contributed by atoms with van der Waals surface area (Å²) in [6, 6.07) is 13.9. The van der Waals surface area contributed by atoms with Crippen molar-refractivity contribution in [1.29, 1.82) is 0 Å². The number of rotatable bonds is 8. The van der Waals surface area contributed by atoms with Gasteiger partial charge in [0.25, 0.3) is 0 Å². The van der Waals surface area contributed by atoms with Crippen molar-refractivity contribution >= 4 is 27.5 Å². The molecule has 6 nitrogen and oxygen atoms in total.